The lowest BCUT2D eigenvalue weighted by Gasteiger charge is -2.41. The minimum atomic E-state index is -0.570. The number of pyridine rings is 1. The summed E-state index contributed by atoms with van der Waals surface area (Å²) in [5.41, 5.74) is 2.00. The van der Waals surface area contributed by atoms with E-state index in [2.05, 4.69) is 20.7 Å². The Kier molecular flexibility index (Phi) is 10.3. The predicted molar refractivity (Wildman–Crippen MR) is 198 cm³/mol. The Labute approximate surface area is 308 Å². The van der Waals surface area contributed by atoms with Crippen LogP contribution in [0.3, 0.4) is 0 Å². The van der Waals surface area contributed by atoms with Gasteiger partial charge < -0.3 is 23.8 Å². The van der Waals surface area contributed by atoms with E-state index in [1.807, 2.05) is 31.7 Å². The molecule has 6 heterocycles. The number of piperazine rings is 1. The number of ether oxygens (including phenoxy) is 4. The molecule has 53 heavy (non-hydrogen) atoms. The lowest BCUT2D eigenvalue weighted by atomic mass is 9.94. The van der Waals surface area contributed by atoms with E-state index in [4.69, 9.17) is 35.3 Å². The maximum atomic E-state index is 14.9. The van der Waals surface area contributed by atoms with Gasteiger partial charge in [0.2, 0.25) is 0 Å². The van der Waals surface area contributed by atoms with E-state index >= 15 is 0 Å². The third-order valence-corrected chi connectivity index (χ3v) is 10.4. The molecule has 4 unspecified atom stereocenters. The summed E-state index contributed by atoms with van der Waals surface area (Å²) in [6.07, 6.45) is 11.7. The SMILES string of the molecule is C#Cc1c(F)ccc2cc(OCOC)cc(-c3cnc4c(N5CC6CCC(C5)N6C(=O)OC(C)(C)C)nc(OC)nc4c3)c12.FC1CC2CCCN2C1. The summed E-state index contributed by atoms with van der Waals surface area (Å²) in [5.74, 6) is 3.17. The minimum Gasteiger partial charge on any atom is -0.468 e. The van der Waals surface area contributed by atoms with Crippen LogP contribution in [0.25, 0.3) is 32.9 Å². The highest BCUT2D eigenvalue weighted by Gasteiger charge is 2.45. The molecule has 2 bridgehead atoms. The van der Waals surface area contributed by atoms with E-state index in [1.165, 1.54) is 33.1 Å². The molecule has 8 rings (SSSR count). The van der Waals surface area contributed by atoms with Gasteiger partial charge in [-0.3, -0.25) is 14.8 Å². The third kappa shape index (κ3) is 7.53. The quantitative estimate of drug-likeness (QED) is 0.157. The minimum absolute atomic E-state index is 0.0165. The third-order valence-electron chi connectivity index (χ3n) is 10.4. The summed E-state index contributed by atoms with van der Waals surface area (Å²) in [6, 6.07) is 9.22. The number of terminal acetylenes is 1. The van der Waals surface area contributed by atoms with Crippen LogP contribution in [0.2, 0.25) is 0 Å². The largest absolute Gasteiger partial charge is 0.468 e. The molecule has 4 fully saturated rings. The van der Waals surface area contributed by atoms with Crippen LogP contribution in [0.1, 0.15) is 58.4 Å². The van der Waals surface area contributed by atoms with E-state index in [1.54, 1.807) is 24.4 Å². The first-order valence-electron chi connectivity index (χ1n) is 18.2. The van der Waals surface area contributed by atoms with E-state index in [0.717, 1.165) is 25.8 Å². The monoisotopic (exact) mass is 728 g/mol. The number of carbonyl (C=O) groups excluding carboxylic acids is 1. The number of amides is 1. The normalized spacial score (nSPS) is 22.4. The fourth-order valence-corrected chi connectivity index (χ4v) is 8.15. The number of alkyl halides is 1. The molecule has 2 aromatic carbocycles. The number of halogens is 2. The Balaban J connectivity index is 0.000000418. The molecular weight excluding hydrogens is 682 g/mol. The van der Waals surface area contributed by atoms with E-state index in [-0.39, 0.29) is 36.5 Å². The van der Waals surface area contributed by atoms with E-state index < -0.39 is 17.6 Å². The second-order valence-electron chi connectivity index (χ2n) is 15.1. The molecule has 1 amide bonds. The number of hydrogen-bond donors (Lipinski definition) is 0. The summed E-state index contributed by atoms with van der Waals surface area (Å²) in [6.45, 7) is 8.66. The average molecular weight is 729 g/mol. The highest BCUT2D eigenvalue weighted by atomic mass is 19.1. The molecule has 4 saturated heterocycles. The van der Waals surface area contributed by atoms with Gasteiger partial charge in [-0.15, -0.1) is 6.42 Å². The number of carbonyl (C=O) groups is 1. The van der Waals surface area contributed by atoms with Crippen LogP contribution in [0.15, 0.2) is 36.5 Å². The number of hydrogen-bond acceptors (Lipinski definition) is 10. The van der Waals surface area contributed by atoms with Crippen LogP contribution in [0, 0.1) is 18.2 Å². The molecule has 4 atom stereocenters. The highest BCUT2D eigenvalue weighted by Crippen LogP contribution is 2.39. The van der Waals surface area contributed by atoms with Gasteiger partial charge in [0.1, 0.15) is 28.9 Å². The zero-order chi connectivity index (χ0) is 37.4. The van der Waals surface area contributed by atoms with Gasteiger partial charge >= 0.3 is 12.1 Å². The van der Waals surface area contributed by atoms with Gasteiger partial charge in [-0.1, -0.05) is 12.0 Å². The Hall–Kier alpha value is -4.80. The first-order chi connectivity index (χ1) is 25.5. The Morgan fingerprint density at radius 1 is 1.04 bits per heavy atom. The van der Waals surface area contributed by atoms with Crippen molar-refractivity contribution in [1.29, 1.82) is 0 Å². The molecule has 4 aliphatic heterocycles. The summed E-state index contributed by atoms with van der Waals surface area (Å²) in [4.78, 5) is 33.4. The van der Waals surface area contributed by atoms with Crippen molar-refractivity contribution in [2.45, 2.75) is 82.8 Å². The number of rotatable bonds is 6. The summed E-state index contributed by atoms with van der Waals surface area (Å²) < 4.78 is 49.5. The fraction of sp³-hybridized carbons (Fsp3) is 0.500. The first-order valence-corrected chi connectivity index (χ1v) is 18.2. The van der Waals surface area contributed by atoms with Gasteiger partial charge in [0.15, 0.2) is 12.6 Å². The Morgan fingerprint density at radius 2 is 1.81 bits per heavy atom. The second kappa shape index (κ2) is 14.9. The van der Waals surface area contributed by atoms with Crippen LogP contribution in [-0.2, 0) is 9.47 Å². The van der Waals surface area contributed by atoms with Gasteiger partial charge in [-0.05, 0) is 94.6 Å². The van der Waals surface area contributed by atoms with Crippen molar-refractivity contribution in [3.05, 3.63) is 47.9 Å². The summed E-state index contributed by atoms with van der Waals surface area (Å²) in [5, 5.41) is 1.27. The molecule has 0 saturated carbocycles. The smallest absolute Gasteiger partial charge is 0.410 e. The molecule has 280 valence electrons. The van der Waals surface area contributed by atoms with Gasteiger partial charge in [0.25, 0.3) is 0 Å². The Morgan fingerprint density at radius 3 is 2.49 bits per heavy atom. The summed E-state index contributed by atoms with van der Waals surface area (Å²) >= 11 is 0. The molecule has 11 nitrogen and oxygen atoms in total. The number of benzene rings is 2. The van der Waals surface area contributed by atoms with Crippen molar-refractivity contribution >= 4 is 33.7 Å². The van der Waals surface area contributed by atoms with Crippen LogP contribution in [0.5, 0.6) is 11.8 Å². The van der Waals surface area contributed by atoms with Crippen LogP contribution >= 0.6 is 0 Å². The van der Waals surface area contributed by atoms with Crippen LogP contribution in [-0.4, -0.2) is 108 Å². The number of aromatic nitrogens is 3. The molecule has 4 aliphatic rings. The van der Waals surface area contributed by atoms with Gasteiger partial charge in [0.05, 0.1) is 30.3 Å². The van der Waals surface area contributed by atoms with Crippen molar-refractivity contribution in [2.24, 2.45) is 0 Å². The van der Waals surface area contributed by atoms with Gasteiger partial charge in [0, 0.05) is 49.9 Å². The van der Waals surface area contributed by atoms with Crippen molar-refractivity contribution in [3.8, 4) is 35.2 Å². The molecule has 13 heteroatoms. The van der Waals surface area contributed by atoms with E-state index in [0.29, 0.717) is 70.2 Å². The number of nitrogens with zero attached hydrogens (tertiary/aromatic N) is 6. The maximum absolute atomic E-state index is 14.9. The van der Waals surface area contributed by atoms with Gasteiger partial charge in [-0.25, -0.2) is 13.6 Å². The molecular formula is C40H46F2N6O5. The van der Waals surface area contributed by atoms with Crippen molar-refractivity contribution in [2.75, 3.05) is 52.1 Å². The lowest BCUT2D eigenvalue weighted by Crippen LogP contribution is -2.57. The van der Waals surface area contributed by atoms with Crippen LogP contribution < -0.4 is 14.4 Å². The first kappa shape index (κ1) is 36.6. The zero-order valence-corrected chi connectivity index (χ0v) is 30.9. The van der Waals surface area contributed by atoms with E-state index in [9.17, 15) is 13.6 Å². The average Bonchev–Trinajstić information content (AvgIpc) is 3.80. The Bertz CT molecular complexity index is 2020. The topological polar surface area (TPSA) is 102 Å². The standard InChI is InChI=1S/C33H34FN5O5.C7H12FN/c1-7-24-26(34)11-8-19-12-23(43-18-41-5)14-25(28(19)24)20-13-27-29(35-15-20)30(37-31(36-27)42-6)38-16-21-9-10-22(17-38)39(21)32(40)44-33(2,3)4;8-6-4-7-2-1-3-9(7)5-6/h1,8,11-15,21-22H,9-10,16-18H2,2-6H3;6-7H,1-5H2. The maximum Gasteiger partial charge on any atom is 0.410 e. The van der Waals surface area contributed by atoms with Crippen molar-refractivity contribution in [1.82, 2.24) is 24.8 Å². The predicted octanol–water partition coefficient (Wildman–Crippen LogP) is 6.74. The van der Waals surface area contributed by atoms with Crippen LogP contribution in [0.4, 0.5) is 19.4 Å². The summed E-state index contributed by atoms with van der Waals surface area (Å²) in [7, 11) is 3.05. The molecule has 0 aliphatic carbocycles. The van der Waals surface area contributed by atoms with Crippen molar-refractivity contribution in [3.63, 3.8) is 0 Å². The molecule has 2 aromatic heterocycles. The molecule has 0 N–H and O–H groups in total. The second-order valence-corrected chi connectivity index (χ2v) is 15.1. The number of anilines is 1. The van der Waals surface area contributed by atoms with Gasteiger partial charge in [-0.2, -0.15) is 9.97 Å². The lowest BCUT2D eigenvalue weighted by molar-refractivity contribution is 0.0122. The highest BCUT2D eigenvalue weighted by molar-refractivity contribution is 6.03. The fourth-order valence-electron chi connectivity index (χ4n) is 8.15. The molecule has 0 radical (unpaired) electrons. The number of methoxy groups -OCH3 is 2. The zero-order valence-electron chi connectivity index (χ0n) is 30.9. The molecule has 4 aromatic rings. The van der Waals surface area contributed by atoms with Crippen molar-refractivity contribution < 1.29 is 32.5 Å². The molecule has 0 spiro atoms. The number of fused-ring (bicyclic) bond motifs is 5.